The zero-order chi connectivity index (χ0) is 15.2. The summed E-state index contributed by atoms with van der Waals surface area (Å²) in [6.07, 6.45) is 1.29. The van der Waals surface area contributed by atoms with Crippen molar-refractivity contribution in [3.8, 4) is 0 Å². The summed E-state index contributed by atoms with van der Waals surface area (Å²) in [7, 11) is 0. The van der Waals surface area contributed by atoms with E-state index in [9.17, 15) is 4.79 Å². The molecule has 0 atom stereocenters. The summed E-state index contributed by atoms with van der Waals surface area (Å²) in [5.41, 5.74) is 0.885. The molecule has 0 aliphatic heterocycles. The van der Waals surface area contributed by atoms with Crippen LogP contribution in [-0.2, 0) is 11.2 Å². The highest BCUT2D eigenvalue weighted by atomic mass is 35.5. The molecule has 1 amide bonds. The summed E-state index contributed by atoms with van der Waals surface area (Å²) < 4.78 is 0. The Morgan fingerprint density at radius 2 is 1.90 bits per heavy atom. The van der Waals surface area contributed by atoms with E-state index in [0.29, 0.717) is 23.0 Å². The minimum Gasteiger partial charge on any atom is -0.351 e. The molecule has 112 valence electrons. The first-order valence-electron chi connectivity index (χ1n) is 6.73. The highest BCUT2D eigenvalue weighted by molar-refractivity contribution is 6.35. The van der Waals surface area contributed by atoms with Crippen LogP contribution in [0.25, 0.3) is 0 Å². The maximum absolute atomic E-state index is 11.6. The summed E-state index contributed by atoms with van der Waals surface area (Å²) in [5, 5.41) is 7.50. The number of amides is 1. The van der Waals surface area contributed by atoms with E-state index in [-0.39, 0.29) is 11.4 Å². The Bertz CT molecular complexity index is 456. The van der Waals surface area contributed by atoms with Gasteiger partial charge in [-0.15, -0.1) is 0 Å². The van der Waals surface area contributed by atoms with Crippen LogP contribution in [0.2, 0.25) is 10.0 Å². The molecule has 2 N–H and O–H groups in total. The van der Waals surface area contributed by atoms with Gasteiger partial charge < -0.3 is 10.6 Å². The lowest BCUT2D eigenvalue weighted by Gasteiger charge is -2.20. The van der Waals surface area contributed by atoms with Gasteiger partial charge in [0.2, 0.25) is 5.91 Å². The number of hydrogen-bond donors (Lipinski definition) is 2. The molecule has 0 saturated heterocycles. The maximum atomic E-state index is 11.6. The van der Waals surface area contributed by atoms with Crippen LogP contribution in [0.4, 0.5) is 0 Å². The summed E-state index contributed by atoms with van der Waals surface area (Å²) in [5.74, 6) is 0.0644. The molecule has 0 saturated carbocycles. The average molecular weight is 317 g/mol. The molecule has 0 aliphatic rings. The van der Waals surface area contributed by atoms with E-state index in [2.05, 4.69) is 10.6 Å². The van der Waals surface area contributed by atoms with Crippen LogP contribution in [0.3, 0.4) is 0 Å². The topological polar surface area (TPSA) is 41.1 Å². The summed E-state index contributed by atoms with van der Waals surface area (Å²) in [6, 6.07) is 5.51. The summed E-state index contributed by atoms with van der Waals surface area (Å²) >= 11 is 11.9. The fraction of sp³-hybridized carbons (Fsp3) is 0.533. The Morgan fingerprint density at radius 3 is 2.50 bits per heavy atom. The predicted molar refractivity (Wildman–Crippen MR) is 85.5 cm³/mol. The second-order valence-electron chi connectivity index (χ2n) is 5.78. The fourth-order valence-corrected chi connectivity index (χ4v) is 2.26. The second-order valence-corrected chi connectivity index (χ2v) is 6.63. The van der Waals surface area contributed by atoms with Gasteiger partial charge >= 0.3 is 0 Å². The second kappa shape index (κ2) is 7.87. The Balaban J connectivity index is 2.21. The zero-order valence-electron chi connectivity index (χ0n) is 12.2. The minimum absolute atomic E-state index is 0.0644. The third-order valence-electron chi connectivity index (χ3n) is 2.63. The van der Waals surface area contributed by atoms with Gasteiger partial charge in [0, 0.05) is 28.5 Å². The molecule has 20 heavy (non-hydrogen) atoms. The van der Waals surface area contributed by atoms with Crippen molar-refractivity contribution in [1.82, 2.24) is 10.6 Å². The van der Waals surface area contributed by atoms with Gasteiger partial charge in [-0.2, -0.15) is 0 Å². The molecule has 0 heterocycles. The molecular formula is C15H22Cl2N2O. The van der Waals surface area contributed by atoms with Crippen LogP contribution in [-0.4, -0.2) is 24.5 Å². The molecule has 0 radical (unpaired) electrons. The van der Waals surface area contributed by atoms with Gasteiger partial charge in [-0.1, -0.05) is 29.3 Å². The molecule has 0 bridgehead atoms. The highest BCUT2D eigenvalue weighted by Gasteiger charge is 2.12. The molecular weight excluding hydrogens is 295 g/mol. The van der Waals surface area contributed by atoms with Gasteiger partial charge in [-0.05, 0) is 51.4 Å². The first-order valence-corrected chi connectivity index (χ1v) is 7.49. The van der Waals surface area contributed by atoms with Crippen molar-refractivity contribution in [2.75, 3.05) is 13.1 Å². The van der Waals surface area contributed by atoms with Gasteiger partial charge in [0.25, 0.3) is 0 Å². The molecule has 0 aliphatic carbocycles. The quantitative estimate of drug-likeness (QED) is 0.789. The minimum atomic E-state index is -0.173. The van der Waals surface area contributed by atoms with Crippen molar-refractivity contribution in [2.45, 2.75) is 39.2 Å². The number of benzene rings is 1. The van der Waals surface area contributed by atoms with E-state index in [1.54, 1.807) is 6.07 Å². The Morgan fingerprint density at radius 1 is 1.20 bits per heavy atom. The Hall–Kier alpha value is -0.770. The van der Waals surface area contributed by atoms with Crippen LogP contribution >= 0.6 is 23.2 Å². The van der Waals surface area contributed by atoms with Crippen LogP contribution < -0.4 is 10.6 Å². The Kier molecular flexibility index (Phi) is 6.80. The highest BCUT2D eigenvalue weighted by Crippen LogP contribution is 2.20. The third kappa shape index (κ3) is 7.13. The van der Waals surface area contributed by atoms with E-state index in [1.165, 1.54) is 0 Å². The molecule has 3 nitrogen and oxygen atoms in total. The molecule has 1 aromatic carbocycles. The van der Waals surface area contributed by atoms with Gasteiger partial charge in [0.1, 0.15) is 0 Å². The lowest BCUT2D eigenvalue weighted by Crippen LogP contribution is -2.41. The van der Waals surface area contributed by atoms with E-state index in [4.69, 9.17) is 23.2 Å². The van der Waals surface area contributed by atoms with E-state index >= 15 is 0 Å². The monoisotopic (exact) mass is 316 g/mol. The molecule has 1 rings (SSSR count). The summed E-state index contributed by atoms with van der Waals surface area (Å²) in [6.45, 7) is 7.36. The molecule has 0 spiro atoms. The molecule has 5 heteroatoms. The summed E-state index contributed by atoms with van der Waals surface area (Å²) in [4.78, 5) is 11.6. The van der Waals surface area contributed by atoms with Gasteiger partial charge in [0.15, 0.2) is 0 Å². The third-order valence-corrected chi connectivity index (χ3v) is 3.22. The smallest absolute Gasteiger partial charge is 0.221 e. The lowest BCUT2D eigenvalue weighted by atomic mass is 10.1. The van der Waals surface area contributed by atoms with Crippen molar-refractivity contribution in [2.24, 2.45) is 0 Å². The van der Waals surface area contributed by atoms with E-state index < -0.39 is 0 Å². The molecule has 0 fully saturated rings. The fourth-order valence-electron chi connectivity index (χ4n) is 1.76. The normalized spacial score (nSPS) is 11.4. The number of carbonyl (C=O) groups is 1. The average Bonchev–Trinajstić information content (AvgIpc) is 2.28. The van der Waals surface area contributed by atoms with Crippen LogP contribution in [0.1, 0.15) is 32.8 Å². The lowest BCUT2D eigenvalue weighted by molar-refractivity contribution is -0.122. The van der Waals surface area contributed by atoms with Crippen molar-refractivity contribution < 1.29 is 4.79 Å². The van der Waals surface area contributed by atoms with E-state index in [0.717, 1.165) is 18.5 Å². The molecule has 0 aromatic heterocycles. The van der Waals surface area contributed by atoms with Crippen LogP contribution in [0.5, 0.6) is 0 Å². The number of carbonyl (C=O) groups excluding carboxylic acids is 1. The number of hydrogen-bond acceptors (Lipinski definition) is 2. The predicted octanol–water partition coefficient (Wildman–Crippen LogP) is 3.43. The number of nitrogens with one attached hydrogen (secondary N) is 2. The maximum Gasteiger partial charge on any atom is 0.221 e. The van der Waals surface area contributed by atoms with Gasteiger partial charge in [-0.3, -0.25) is 4.79 Å². The van der Waals surface area contributed by atoms with Gasteiger partial charge in [0.05, 0.1) is 0 Å². The first-order chi connectivity index (χ1) is 9.28. The SMILES string of the molecule is CC(C)(C)NC(=O)CCNCCc1ccc(Cl)cc1Cl. The number of rotatable bonds is 6. The largest absolute Gasteiger partial charge is 0.351 e. The first kappa shape index (κ1) is 17.3. The van der Waals surface area contributed by atoms with Crippen molar-refractivity contribution >= 4 is 29.1 Å². The van der Waals surface area contributed by atoms with E-state index in [1.807, 2.05) is 32.9 Å². The van der Waals surface area contributed by atoms with Gasteiger partial charge in [-0.25, -0.2) is 0 Å². The van der Waals surface area contributed by atoms with Crippen LogP contribution in [0, 0.1) is 0 Å². The zero-order valence-corrected chi connectivity index (χ0v) is 13.7. The van der Waals surface area contributed by atoms with Crippen molar-refractivity contribution in [3.05, 3.63) is 33.8 Å². The van der Waals surface area contributed by atoms with Crippen LogP contribution in [0.15, 0.2) is 18.2 Å². The Labute approximate surface area is 131 Å². The standard InChI is InChI=1S/C15H22Cl2N2O/c1-15(2,3)19-14(20)7-9-18-8-6-11-4-5-12(16)10-13(11)17/h4-5,10,18H,6-9H2,1-3H3,(H,19,20). The van der Waals surface area contributed by atoms with Crippen molar-refractivity contribution in [1.29, 1.82) is 0 Å². The number of halogens is 2. The molecule has 0 unspecified atom stereocenters. The van der Waals surface area contributed by atoms with Crippen molar-refractivity contribution in [3.63, 3.8) is 0 Å². The molecule has 1 aromatic rings.